The zero-order valence-electron chi connectivity index (χ0n) is 15.1. The third kappa shape index (κ3) is 3.53. The van der Waals surface area contributed by atoms with E-state index < -0.39 is 12.1 Å². The van der Waals surface area contributed by atoms with Crippen molar-refractivity contribution in [2.45, 2.75) is 19.1 Å². The summed E-state index contributed by atoms with van der Waals surface area (Å²) >= 11 is 1.30. The summed E-state index contributed by atoms with van der Waals surface area (Å²) in [4.78, 5) is 28.9. The molecule has 26 heavy (non-hydrogen) atoms. The Hall–Kier alpha value is -2.16. The van der Waals surface area contributed by atoms with E-state index in [0.29, 0.717) is 17.1 Å². The second-order valence-electron chi connectivity index (χ2n) is 6.46. The molecule has 0 saturated carbocycles. The maximum Gasteiger partial charge on any atom is 0.350 e. The molecule has 2 heterocycles. The van der Waals surface area contributed by atoms with E-state index in [9.17, 15) is 14.7 Å². The maximum atomic E-state index is 12.7. The number of aliphatic hydroxyl groups excluding tert-OH is 1. The van der Waals surface area contributed by atoms with Crippen LogP contribution >= 0.6 is 11.3 Å². The van der Waals surface area contributed by atoms with Crippen LogP contribution in [0.25, 0.3) is 10.1 Å². The third-order valence-electron chi connectivity index (χ3n) is 4.50. The Balaban J connectivity index is 1.87. The lowest BCUT2D eigenvalue weighted by Gasteiger charge is -2.21. The van der Waals surface area contributed by atoms with Gasteiger partial charge in [-0.1, -0.05) is 18.2 Å². The van der Waals surface area contributed by atoms with Crippen LogP contribution in [0.4, 0.5) is 10.5 Å². The number of hydrogen-bond donors (Lipinski definition) is 2. The molecule has 2 aromatic rings. The lowest BCUT2D eigenvalue weighted by atomic mass is 10.2. The second kappa shape index (κ2) is 7.61. The van der Waals surface area contributed by atoms with Crippen molar-refractivity contribution in [3.8, 4) is 0 Å². The number of ether oxygens (including phenoxy) is 1. The van der Waals surface area contributed by atoms with Gasteiger partial charge >= 0.3 is 12.0 Å². The monoisotopic (exact) mass is 377 g/mol. The molecule has 2 N–H and O–H groups in total. The maximum absolute atomic E-state index is 12.7. The number of benzene rings is 1. The largest absolute Gasteiger partial charge is 0.462 e. The van der Waals surface area contributed by atoms with Crippen LogP contribution in [0.5, 0.6) is 0 Å². The molecular weight excluding hydrogens is 354 g/mol. The minimum Gasteiger partial charge on any atom is -0.462 e. The van der Waals surface area contributed by atoms with Gasteiger partial charge in [0.15, 0.2) is 0 Å². The van der Waals surface area contributed by atoms with E-state index in [0.717, 1.165) is 10.1 Å². The van der Waals surface area contributed by atoms with Crippen molar-refractivity contribution in [3.63, 3.8) is 0 Å². The number of carbonyl (C=O) groups excluding carboxylic acids is 2. The lowest BCUT2D eigenvalue weighted by Crippen LogP contribution is -2.38. The number of rotatable bonds is 4. The Morgan fingerprint density at radius 3 is 2.73 bits per heavy atom. The van der Waals surface area contributed by atoms with Gasteiger partial charge < -0.3 is 25.0 Å². The van der Waals surface area contributed by atoms with Crippen LogP contribution in [0.1, 0.15) is 16.6 Å². The molecule has 140 valence electrons. The number of likely N-dealkylation sites (tertiary alicyclic amines) is 1. The number of likely N-dealkylation sites (N-methyl/N-ethyl adjacent to an activating group) is 1. The fourth-order valence-electron chi connectivity index (χ4n) is 3.14. The molecule has 1 aliphatic heterocycles. The number of hydrogen-bond acceptors (Lipinski definition) is 6. The average Bonchev–Trinajstić information content (AvgIpc) is 3.16. The summed E-state index contributed by atoms with van der Waals surface area (Å²) < 4.78 is 6.03. The van der Waals surface area contributed by atoms with Gasteiger partial charge in [-0.05, 0) is 27.1 Å². The average molecular weight is 377 g/mol. The first kappa shape index (κ1) is 18.6. The first-order valence-corrected chi connectivity index (χ1v) is 9.33. The molecule has 0 bridgehead atoms. The van der Waals surface area contributed by atoms with Gasteiger partial charge in [-0.2, -0.15) is 0 Å². The zero-order valence-corrected chi connectivity index (χ0v) is 15.9. The van der Waals surface area contributed by atoms with E-state index in [4.69, 9.17) is 4.74 Å². The van der Waals surface area contributed by atoms with Crippen LogP contribution in [-0.4, -0.2) is 72.8 Å². The molecule has 0 spiro atoms. The molecule has 1 aromatic carbocycles. The molecule has 0 radical (unpaired) electrons. The van der Waals surface area contributed by atoms with E-state index in [1.54, 1.807) is 11.8 Å². The van der Waals surface area contributed by atoms with E-state index >= 15 is 0 Å². The molecular formula is C18H23N3O4S. The van der Waals surface area contributed by atoms with Gasteiger partial charge in [0.1, 0.15) is 4.88 Å². The van der Waals surface area contributed by atoms with E-state index in [2.05, 4.69) is 5.32 Å². The van der Waals surface area contributed by atoms with Crippen molar-refractivity contribution >= 4 is 39.1 Å². The lowest BCUT2D eigenvalue weighted by molar-refractivity contribution is 0.0533. The number of thiophene rings is 1. The number of aliphatic hydroxyl groups is 1. The summed E-state index contributed by atoms with van der Waals surface area (Å²) in [6.45, 7) is 2.70. The van der Waals surface area contributed by atoms with E-state index in [1.807, 2.05) is 43.3 Å². The number of anilines is 1. The summed E-state index contributed by atoms with van der Waals surface area (Å²) in [5.41, 5.74) is 0.469. The molecule has 8 heteroatoms. The smallest absolute Gasteiger partial charge is 0.350 e. The Labute approximate surface area is 156 Å². The third-order valence-corrected chi connectivity index (χ3v) is 5.65. The van der Waals surface area contributed by atoms with Crippen LogP contribution < -0.4 is 5.32 Å². The topological polar surface area (TPSA) is 82.1 Å². The number of β-amino-alcohol motifs (C(OH)–C–C–N with tert-alkyl or cyclic N) is 1. The number of nitrogens with zero attached hydrogens (tertiary/aromatic N) is 2. The SMILES string of the molecule is CCOC(=O)c1sc2ccccc2c1NC(=O)N1C[C@H](O)[C@@H](N(C)C)C1. The van der Waals surface area contributed by atoms with Gasteiger partial charge in [-0.25, -0.2) is 9.59 Å². The summed E-state index contributed by atoms with van der Waals surface area (Å²) in [6.07, 6.45) is -0.598. The Morgan fingerprint density at radius 2 is 2.08 bits per heavy atom. The highest BCUT2D eigenvalue weighted by Gasteiger charge is 2.36. The molecule has 0 unspecified atom stereocenters. The van der Waals surface area contributed by atoms with Crippen molar-refractivity contribution in [2.75, 3.05) is 39.1 Å². The summed E-state index contributed by atoms with van der Waals surface area (Å²) in [5.74, 6) is -0.448. The first-order valence-electron chi connectivity index (χ1n) is 8.51. The highest BCUT2D eigenvalue weighted by Crippen LogP contribution is 2.36. The summed E-state index contributed by atoms with van der Waals surface area (Å²) in [7, 11) is 3.75. The quantitative estimate of drug-likeness (QED) is 0.799. The van der Waals surface area contributed by atoms with Crippen LogP contribution in [0, 0.1) is 0 Å². The van der Waals surface area contributed by atoms with Crippen molar-refractivity contribution in [1.82, 2.24) is 9.80 Å². The fourth-order valence-corrected chi connectivity index (χ4v) is 4.19. The highest BCUT2D eigenvalue weighted by atomic mass is 32.1. The van der Waals surface area contributed by atoms with Gasteiger partial charge in [0, 0.05) is 16.6 Å². The van der Waals surface area contributed by atoms with Crippen LogP contribution in [-0.2, 0) is 4.74 Å². The Morgan fingerprint density at radius 1 is 1.35 bits per heavy atom. The summed E-state index contributed by atoms with van der Waals surface area (Å²) in [6, 6.07) is 7.08. The van der Waals surface area contributed by atoms with E-state index in [1.165, 1.54) is 11.3 Å². The number of nitrogens with one attached hydrogen (secondary N) is 1. The number of amides is 2. The van der Waals surface area contributed by atoms with Gasteiger partial charge in [0.25, 0.3) is 0 Å². The number of fused-ring (bicyclic) bond motifs is 1. The molecule has 1 fully saturated rings. The molecule has 3 rings (SSSR count). The van der Waals surface area contributed by atoms with E-state index in [-0.39, 0.29) is 25.2 Å². The Kier molecular flexibility index (Phi) is 5.45. The van der Waals surface area contributed by atoms with Gasteiger partial charge in [0.05, 0.1) is 31.0 Å². The first-order chi connectivity index (χ1) is 12.4. The van der Waals surface area contributed by atoms with Crippen LogP contribution in [0.3, 0.4) is 0 Å². The van der Waals surface area contributed by atoms with Crippen molar-refractivity contribution in [3.05, 3.63) is 29.1 Å². The minimum atomic E-state index is -0.598. The fraction of sp³-hybridized carbons (Fsp3) is 0.444. The highest BCUT2D eigenvalue weighted by molar-refractivity contribution is 7.21. The molecule has 1 aliphatic rings. The number of urea groups is 1. The van der Waals surface area contributed by atoms with Crippen LogP contribution in [0.2, 0.25) is 0 Å². The Bertz CT molecular complexity index is 820. The van der Waals surface area contributed by atoms with Crippen molar-refractivity contribution in [1.29, 1.82) is 0 Å². The van der Waals surface area contributed by atoms with Crippen molar-refractivity contribution in [2.24, 2.45) is 0 Å². The minimum absolute atomic E-state index is 0.107. The summed E-state index contributed by atoms with van der Waals surface area (Å²) in [5, 5.41) is 13.8. The predicted octanol–water partition coefficient (Wildman–Crippen LogP) is 2.22. The van der Waals surface area contributed by atoms with Gasteiger partial charge in [-0.3, -0.25) is 0 Å². The molecule has 2 atom stereocenters. The predicted molar refractivity (Wildman–Crippen MR) is 102 cm³/mol. The molecule has 1 aromatic heterocycles. The number of carbonyl (C=O) groups is 2. The molecule has 1 saturated heterocycles. The van der Waals surface area contributed by atoms with Gasteiger partial charge in [-0.15, -0.1) is 11.3 Å². The molecule has 7 nitrogen and oxygen atoms in total. The van der Waals surface area contributed by atoms with Gasteiger partial charge in [0.2, 0.25) is 0 Å². The van der Waals surface area contributed by atoms with Crippen molar-refractivity contribution < 1.29 is 19.4 Å². The molecule has 0 aliphatic carbocycles. The normalized spacial score (nSPS) is 20.0. The standard InChI is InChI=1S/C18H23N3O4S/c1-4-25-17(23)16-15(11-7-5-6-8-14(11)26-16)19-18(24)21-9-12(20(2)3)13(22)10-21/h5-8,12-13,22H,4,9-10H2,1-3H3,(H,19,24)/t12-,13-/m0/s1. The number of esters is 1. The van der Waals surface area contributed by atoms with Crippen LogP contribution in [0.15, 0.2) is 24.3 Å². The second-order valence-corrected chi connectivity index (χ2v) is 7.51. The molecule has 2 amide bonds. The zero-order chi connectivity index (χ0) is 18.8.